The number of hydrogen-bond donors (Lipinski definition) is 4. The van der Waals surface area contributed by atoms with E-state index in [1.807, 2.05) is 0 Å². The van der Waals surface area contributed by atoms with Gasteiger partial charge >= 0.3 is 0 Å². The Hall–Kier alpha value is -3.88. The van der Waals surface area contributed by atoms with Crippen LogP contribution >= 0.6 is 0 Å². The number of aliphatic hydroxyl groups is 2. The summed E-state index contributed by atoms with van der Waals surface area (Å²) in [5.74, 6) is -3.44. The monoisotopic (exact) mass is 436 g/mol. The van der Waals surface area contributed by atoms with E-state index in [0.29, 0.717) is 17.4 Å². The van der Waals surface area contributed by atoms with Crippen LogP contribution in [0.5, 0.6) is 0 Å². The minimum Gasteiger partial charge on any atom is -0.393 e. The lowest BCUT2D eigenvalue weighted by molar-refractivity contribution is 0.0945. The first-order valence-electron chi connectivity index (χ1n) is 9.69. The fraction of sp³-hybridized carbons (Fsp3) is 0.0833. The Morgan fingerprint density at radius 1 is 0.812 bits per heavy atom. The van der Waals surface area contributed by atoms with Crippen LogP contribution in [-0.4, -0.2) is 28.4 Å². The molecular weight excluding hydrogens is 418 g/mol. The standard InChI is InChI=1S/C24H18F2N2O4/c25-16-9-15(10-17(26)11-16)23(32)21(24-27-18-6-1-2-7-19(18)28-24)22(31)14-5-3-4-13(8-14)20(30)12-29/h1-11,20,27-30H,12H2/t20-/m0/s1. The Morgan fingerprint density at radius 3 is 2.00 bits per heavy atom. The minimum atomic E-state index is -1.21. The molecule has 0 fully saturated rings. The van der Waals surface area contributed by atoms with Crippen molar-refractivity contribution in [1.82, 2.24) is 0 Å². The molecule has 0 saturated carbocycles. The zero-order valence-corrected chi connectivity index (χ0v) is 16.6. The summed E-state index contributed by atoms with van der Waals surface area (Å²) in [6.07, 6.45) is -1.21. The third-order valence-corrected chi connectivity index (χ3v) is 4.98. The SMILES string of the molecule is O=C(C(C(=O)c1cccc([C@@H](O)CO)c1)=C1Nc2ccccc2N1)c1cc(F)cc(F)c1. The van der Waals surface area contributed by atoms with Crippen LogP contribution in [0.3, 0.4) is 0 Å². The number of nitrogens with one attached hydrogen (secondary N) is 2. The summed E-state index contributed by atoms with van der Waals surface area (Å²) < 4.78 is 27.5. The Labute approximate surface area is 181 Å². The molecule has 0 spiro atoms. The van der Waals surface area contributed by atoms with Crippen molar-refractivity contribution in [2.24, 2.45) is 0 Å². The number of Topliss-reactive ketones (excluding diaryl/α,β-unsaturated/α-hetero) is 2. The van der Waals surface area contributed by atoms with Crippen LogP contribution in [0.4, 0.5) is 20.2 Å². The predicted octanol–water partition coefficient (Wildman–Crippen LogP) is 3.81. The molecule has 3 aromatic rings. The number of allylic oxidation sites excluding steroid dienone is 1. The van der Waals surface area contributed by atoms with Gasteiger partial charge in [0.05, 0.1) is 18.0 Å². The molecule has 0 aliphatic carbocycles. The third kappa shape index (κ3) is 4.14. The van der Waals surface area contributed by atoms with E-state index < -0.39 is 35.9 Å². The van der Waals surface area contributed by atoms with E-state index in [0.717, 1.165) is 12.1 Å². The molecule has 162 valence electrons. The maximum Gasteiger partial charge on any atom is 0.200 e. The van der Waals surface area contributed by atoms with Gasteiger partial charge in [0.15, 0.2) is 0 Å². The van der Waals surface area contributed by atoms with Gasteiger partial charge in [-0.05, 0) is 35.9 Å². The van der Waals surface area contributed by atoms with E-state index in [-0.39, 0.29) is 28.1 Å². The van der Waals surface area contributed by atoms with Crippen LogP contribution in [-0.2, 0) is 0 Å². The first-order chi connectivity index (χ1) is 15.4. The zero-order chi connectivity index (χ0) is 22.8. The summed E-state index contributed by atoms with van der Waals surface area (Å²) in [5, 5.41) is 25.0. The van der Waals surface area contributed by atoms with Crippen LogP contribution in [0.15, 0.2) is 78.1 Å². The largest absolute Gasteiger partial charge is 0.393 e. The van der Waals surface area contributed by atoms with E-state index >= 15 is 0 Å². The Bertz CT molecular complexity index is 1210. The molecule has 4 rings (SSSR count). The fourth-order valence-corrected chi connectivity index (χ4v) is 3.42. The maximum atomic E-state index is 13.8. The van der Waals surface area contributed by atoms with Gasteiger partial charge in [-0.25, -0.2) is 8.78 Å². The summed E-state index contributed by atoms with van der Waals surface area (Å²) in [7, 11) is 0. The van der Waals surface area contributed by atoms with Gasteiger partial charge in [-0.15, -0.1) is 0 Å². The number of halogens is 2. The van der Waals surface area contributed by atoms with Crippen LogP contribution in [0.25, 0.3) is 0 Å². The lowest BCUT2D eigenvalue weighted by atomic mass is 9.94. The molecule has 0 amide bonds. The number of ketones is 2. The Morgan fingerprint density at radius 2 is 1.41 bits per heavy atom. The van der Waals surface area contributed by atoms with E-state index in [1.165, 1.54) is 24.3 Å². The predicted molar refractivity (Wildman–Crippen MR) is 114 cm³/mol. The van der Waals surface area contributed by atoms with Crippen molar-refractivity contribution in [3.63, 3.8) is 0 Å². The molecule has 1 aliphatic heterocycles. The smallest absolute Gasteiger partial charge is 0.200 e. The third-order valence-electron chi connectivity index (χ3n) is 4.98. The fourth-order valence-electron chi connectivity index (χ4n) is 3.42. The highest BCUT2D eigenvalue weighted by Crippen LogP contribution is 2.33. The van der Waals surface area contributed by atoms with Crippen molar-refractivity contribution in [1.29, 1.82) is 0 Å². The van der Waals surface area contributed by atoms with Crippen LogP contribution < -0.4 is 10.6 Å². The van der Waals surface area contributed by atoms with Crippen LogP contribution in [0, 0.1) is 11.6 Å². The van der Waals surface area contributed by atoms with Crippen molar-refractivity contribution in [3.8, 4) is 0 Å². The molecule has 32 heavy (non-hydrogen) atoms. The maximum absolute atomic E-state index is 13.8. The summed E-state index contributed by atoms with van der Waals surface area (Å²) in [6, 6.07) is 15.2. The second-order valence-corrected chi connectivity index (χ2v) is 7.19. The number of hydrogen-bond acceptors (Lipinski definition) is 6. The average Bonchev–Trinajstić information content (AvgIpc) is 3.21. The van der Waals surface area contributed by atoms with Gasteiger partial charge < -0.3 is 20.8 Å². The van der Waals surface area contributed by atoms with E-state index in [2.05, 4.69) is 10.6 Å². The number of rotatable bonds is 6. The van der Waals surface area contributed by atoms with Gasteiger partial charge in [0.2, 0.25) is 11.6 Å². The van der Waals surface area contributed by atoms with Gasteiger partial charge in [0, 0.05) is 17.2 Å². The average molecular weight is 436 g/mol. The quantitative estimate of drug-likeness (QED) is 0.203. The van der Waals surface area contributed by atoms with Crippen molar-refractivity contribution < 1.29 is 28.6 Å². The van der Waals surface area contributed by atoms with Crippen LogP contribution in [0.1, 0.15) is 32.4 Å². The highest BCUT2D eigenvalue weighted by Gasteiger charge is 2.30. The molecule has 0 radical (unpaired) electrons. The van der Waals surface area contributed by atoms with E-state index in [9.17, 15) is 28.6 Å². The minimum absolute atomic E-state index is 0.0577. The van der Waals surface area contributed by atoms with Crippen molar-refractivity contribution in [2.75, 3.05) is 17.2 Å². The summed E-state index contributed by atoms with van der Waals surface area (Å²) in [5.41, 5.74) is 0.891. The zero-order valence-electron chi connectivity index (χ0n) is 16.6. The molecule has 1 aliphatic rings. The summed E-state index contributed by atoms with van der Waals surface area (Å²) >= 11 is 0. The number of fused-ring (bicyclic) bond motifs is 1. The summed E-state index contributed by atoms with van der Waals surface area (Å²) in [4.78, 5) is 26.7. The highest BCUT2D eigenvalue weighted by molar-refractivity contribution is 6.32. The van der Waals surface area contributed by atoms with Gasteiger partial charge in [0.25, 0.3) is 0 Å². The number of carbonyl (C=O) groups is 2. The number of anilines is 2. The Kier molecular flexibility index (Phi) is 5.81. The number of para-hydroxylation sites is 2. The molecule has 0 saturated heterocycles. The molecule has 3 aromatic carbocycles. The first-order valence-corrected chi connectivity index (χ1v) is 9.69. The van der Waals surface area contributed by atoms with Crippen molar-refractivity contribution >= 4 is 22.9 Å². The molecule has 0 unspecified atom stereocenters. The topological polar surface area (TPSA) is 98.7 Å². The number of benzene rings is 3. The van der Waals surface area contributed by atoms with Crippen molar-refractivity contribution in [3.05, 3.63) is 106 Å². The molecule has 0 bridgehead atoms. The molecule has 0 aromatic heterocycles. The van der Waals surface area contributed by atoms with Crippen LogP contribution in [0.2, 0.25) is 0 Å². The van der Waals surface area contributed by atoms with Gasteiger partial charge in [-0.2, -0.15) is 0 Å². The second kappa shape index (κ2) is 8.70. The normalized spacial score (nSPS) is 13.1. The van der Waals surface area contributed by atoms with E-state index in [1.54, 1.807) is 24.3 Å². The lowest BCUT2D eigenvalue weighted by Gasteiger charge is -2.13. The number of carbonyl (C=O) groups excluding carboxylic acids is 2. The summed E-state index contributed by atoms with van der Waals surface area (Å²) in [6.45, 7) is -0.550. The molecule has 4 N–H and O–H groups in total. The van der Waals surface area contributed by atoms with Crippen molar-refractivity contribution in [2.45, 2.75) is 6.10 Å². The van der Waals surface area contributed by atoms with Gasteiger partial charge in [0.1, 0.15) is 29.1 Å². The molecule has 1 atom stereocenters. The molecule has 6 nitrogen and oxygen atoms in total. The highest BCUT2D eigenvalue weighted by atomic mass is 19.1. The second-order valence-electron chi connectivity index (χ2n) is 7.19. The Balaban J connectivity index is 1.83. The molecule has 1 heterocycles. The van der Waals surface area contributed by atoms with Gasteiger partial charge in [-0.1, -0.05) is 30.3 Å². The molecular formula is C24H18F2N2O4. The first kappa shape index (κ1) is 21.4. The number of aliphatic hydroxyl groups excluding tert-OH is 2. The lowest BCUT2D eigenvalue weighted by Crippen LogP contribution is -2.21. The van der Waals surface area contributed by atoms with E-state index in [4.69, 9.17) is 0 Å². The van der Waals surface area contributed by atoms with Gasteiger partial charge in [-0.3, -0.25) is 9.59 Å². The molecule has 8 heteroatoms.